The first kappa shape index (κ1) is 16.3. The zero-order chi connectivity index (χ0) is 17.6. The van der Waals surface area contributed by atoms with Gasteiger partial charge in [-0.1, -0.05) is 24.3 Å². The van der Waals surface area contributed by atoms with Crippen molar-refractivity contribution < 1.29 is 9.53 Å². The van der Waals surface area contributed by atoms with Crippen LogP contribution < -0.4 is 5.32 Å². The summed E-state index contributed by atoms with van der Waals surface area (Å²) in [4.78, 5) is 12.9. The van der Waals surface area contributed by atoms with Crippen molar-refractivity contribution in [3.8, 4) is 0 Å². The first-order valence-corrected chi connectivity index (χ1v) is 9.11. The minimum atomic E-state index is -0.0675. The molecule has 1 aromatic heterocycles. The molecule has 0 saturated heterocycles. The predicted molar refractivity (Wildman–Crippen MR) is 95.5 cm³/mol. The number of benzene rings is 1. The zero-order valence-corrected chi connectivity index (χ0v) is 15.1. The maximum Gasteiger partial charge on any atom is 0.270 e. The van der Waals surface area contributed by atoms with Crippen LogP contribution in [0.1, 0.15) is 71.6 Å². The monoisotopic (exact) mass is 339 g/mol. The summed E-state index contributed by atoms with van der Waals surface area (Å²) in [6.07, 6.45) is 3.29. The van der Waals surface area contributed by atoms with Crippen LogP contribution >= 0.6 is 0 Å². The van der Waals surface area contributed by atoms with Gasteiger partial charge in [0.15, 0.2) is 0 Å². The number of fused-ring (bicyclic) bond motifs is 1. The molecule has 2 heterocycles. The molecule has 2 aromatic rings. The largest absolute Gasteiger partial charge is 0.369 e. The van der Waals surface area contributed by atoms with Crippen molar-refractivity contribution in [3.05, 3.63) is 52.3 Å². The first-order valence-electron chi connectivity index (χ1n) is 9.11. The van der Waals surface area contributed by atoms with E-state index in [0.717, 1.165) is 17.7 Å². The van der Waals surface area contributed by atoms with Crippen molar-refractivity contribution in [2.24, 2.45) is 7.05 Å². The summed E-state index contributed by atoms with van der Waals surface area (Å²) in [6, 6.07) is 8.43. The van der Waals surface area contributed by atoms with Crippen molar-refractivity contribution >= 4 is 5.91 Å². The van der Waals surface area contributed by atoms with Crippen LogP contribution in [-0.4, -0.2) is 21.8 Å². The number of carbonyl (C=O) groups excluding carboxylic acids is 1. The molecule has 2 aliphatic rings. The lowest BCUT2D eigenvalue weighted by atomic mass is 9.99. The quantitative estimate of drug-likeness (QED) is 0.930. The Labute approximate surface area is 148 Å². The fourth-order valence-corrected chi connectivity index (χ4v) is 3.90. The number of carbonyl (C=O) groups is 1. The molecule has 0 radical (unpaired) electrons. The minimum Gasteiger partial charge on any atom is -0.369 e. The molecule has 1 saturated carbocycles. The molecule has 25 heavy (non-hydrogen) atoms. The summed E-state index contributed by atoms with van der Waals surface area (Å²) in [5, 5.41) is 7.63. The van der Waals surface area contributed by atoms with Gasteiger partial charge in [0.25, 0.3) is 5.91 Å². The van der Waals surface area contributed by atoms with Crippen LogP contribution in [0, 0.1) is 0 Å². The Kier molecular flexibility index (Phi) is 4.12. The highest BCUT2D eigenvalue weighted by Crippen LogP contribution is 2.41. The molecule has 1 fully saturated rings. The van der Waals surface area contributed by atoms with E-state index in [9.17, 15) is 4.79 Å². The number of aryl methyl sites for hydroxylation is 1. The van der Waals surface area contributed by atoms with Crippen LogP contribution in [0.5, 0.6) is 0 Å². The zero-order valence-electron chi connectivity index (χ0n) is 15.1. The number of ether oxygens (including phenoxy) is 1. The van der Waals surface area contributed by atoms with Crippen molar-refractivity contribution in [2.45, 2.75) is 57.8 Å². The van der Waals surface area contributed by atoms with Crippen LogP contribution in [0.4, 0.5) is 0 Å². The van der Waals surface area contributed by atoms with Gasteiger partial charge in [-0.15, -0.1) is 0 Å². The summed E-state index contributed by atoms with van der Waals surface area (Å²) in [5.74, 6) is 0.625. The van der Waals surface area contributed by atoms with E-state index in [2.05, 4.69) is 28.6 Å². The Morgan fingerprint density at radius 2 is 2.08 bits per heavy atom. The molecule has 5 heteroatoms. The van der Waals surface area contributed by atoms with Gasteiger partial charge in [-0.2, -0.15) is 5.10 Å². The third kappa shape index (κ3) is 3.09. The van der Waals surface area contributed by atoms with Gasteiger partial charge in [0.1, 0.15) is 5.69 Å². The van der Waals surface area contributed by atoms with Crippen molar-refractivity contribution in [1.82, 2.24) is 15.1 Å². The fraction of sp³-hybridized carbons (Fsp3) is 0.500. The number of amides is 1. The van der Waals surface area contributed by atoms with E-state index in [1.54, 1.807) is 4.68 Å². The third-order valence-electron chi connectivity index (χ3n) is 5.22. The second kappa shape index (κ2) is 6.30. The SMILES string of the molecule is C[C@@H]1Cc2c(nn(C)c2C(=O)NCc2ccccc2C2CC2)[C@H](C)O1. The first-order chi connectivity index (χ1) is 12.0. The maximum absolute atomic E-state index is 12.9. The van der Waals surface area contributed by atoms with E-state index < -0.39 is 0 Å². The van der Waals surface area contributed by atoms with E-state index >= 15 is 0 Å². The van der Waals surface area contributed by atoms with E-state index in [0.29, 0.717) is 18.2 Å². The van der Waals surface area contributed by atoms with E-state index in [1.807, 2.05) is 27.0 Å². The molecule has 0 bridgehead atoms. The molecule has 2 atom stereocenters. The van der Waals surface area contributed by atoms with Gasteiger partial charge in [0, 0.05) is 25.6 Å². The standard InChI is InChI=1S/C20H25N3O2/c1-12-10-17-18(13(2)25-12)22-23(3)19(17)20(24)21-11-15-6-4-5-7-16(15)14-8-9-14/h4-7,12-14H,8-11H2,1-3H3,(H,21,24)/t12-,13+/m1/s1. The summed E-state index contributed by atoms with van der Waals surface area (Å²) < 4.78 is 7.53. The Morgan fingerprint density at radius 3 is 2.84 bits per heavy atom. The fourth-order valence-electron chi connectivity index (χ4n) is 3.90. The van der Waals surface area contributed by atoms with Gasteiger partial charge in [-0.05, 0) is 43.7 Å². The lowest BCUT2D eigenvalue weighted by Crippen LogP contribution is -2.28. The molecule has 132 valence electrons. The Balaban J connectivity index is 1.55. The molecule has 0 spiro atoms. The van der Waals surface area contributed by atoms with Gasteiger partial charge < -0.3 is 10.1 Å². The molecule has 1 aliphatic heterocycles. The topological polar surface area (TPSA) is 56.2 Å². The van der Waals surface area contributed by atoms with Gasteiger partial charge in [0.05, 0.1) is 17.9 Å². The van der Waals surface area contributed by atoms with Crippen LogP contribution in [0.3, 0.4) is 0 Å². The van der Waals surface area contributed by atoms with Crippen molar-refractivity contribution in [3.63, 3.8) is 0 Å². The molecule has 0 unspecified atom stereocenters. The van der Waals surface area contributed by atoms with E-state index in [-0.39, 0.29) is 18.1 Å². The van der Waals surface area contributed by atoms with Gasteiger partial charge in [-0.3, -0.25) is 9.48 Å². The van der Waals surface area contributed by atoms with Crippen LogP contribution in [0.2, 0.25) is 0 Å². The Hall–Kier alpha value is -2.14. The highest BCUT2D eigenvalue weighted by atomic mass is 16.5. The highest BCUT2D eigenvalue weighted by Gasteiger charge is 2.31. The molecular weight excluding hydrogens is 314 g/mol. The lowest BCUT2D eigenvalue weighted by molar-refractivity contribution is -0.00710. The number of hydrogen-bond acceptors (Lipinski definition) is 3. The molecule has 4 rings (SSSR count). The number of rotatable bonds is 4. The summed E-state index contributed by atoms with van der Waals surface area (Å²) in [5.41, 5.74) is 5.19. The minimum absolute atomic E-state index is 0.0526. The van der Waals surface area contributed by atoms with Crippen molar-refractivity contribution in [1.29, 1.82) is 0 Å². The average Bonchev–Trinajstić information content (AvgIpc) is 3.36. The Morgan fingerprint density at radius 1 is 1.32 bits per heavy atom. The highest BCUT2D eigenvalue weighted by molar-refractivity contribution is 5.94. The van der Waals surface area contributed by atoms with E-state index in [1.165, 1.54) is 24.0 Å². The summed E-state index contributed by atoms with van der Waals surface area (Å²) in [6.45, 7) is 4.60. The smallest absolute Gasteiger partial charge is 0.270 e. The Bertz CT molecular complexity index is 807. The predicted octanol–water partition coefficient (Wildman–Crippen LogP) is 3.25. The maximum atomic E-state index is 12.9. The molecule has 5 nitrogen and oxygen atoms in total. The second-order valence-corrected chi connectivity index (χ2v) is 7.28. The van der Waals surface area contributed by atoms with Crippen LogP contribution in [-0.2, 0) is 24.8 Å². The lowest BCUT2D eigenvalue weighted by Gasteiger charge is -2.24. The molecule has 1 aromatic carbocycles. The number of nitrogens with one attached hydrogen (secondary N) is 1. The second-order valence-electron chi connectivity index (χ2n) is 7.28. The van der Waals surface area contributed by atoms with Gasteiger partial charge in [0.2, 0.25) is 0 Å². The van der Waals surface area contributed by atoms with E-state index in [4.69, 9.17) is 4.74 Å². The van der Waals surface area contributed by atoms with Crippen LogP contribution in [0.25, 0.3) is 0 Å². The number of nitrogens with zero attached hydrogens (tertiary/aromatic N) is 2. The summed E-state index contributed by atoms with van der Waals surface area (Å²) >= 11 is 0. The normalized spacial score (nSPS) is 22.5. The molecule has 1 N–H and O–H groups in total. The average molecular weight is 339 g/mol. The van der Waals surface area contributed by atoms with Crippen LogP contribution in [0.15, 0.2) is 24.3 Å². The van der Waals surface area contributed by atoms with Gasteiger partial charge in [-0.25, -0.2) is 0 Å². The van der Waals surface area contributed by atoms with Gasteiger partial charge >= 0.3 is 0 Å². The number of hydrogen-bond donors (Lipinski definition) is 1. The van der Waals surface area contributed by atoms with Crippen molar-refractivity contribution in [2.75, 3.05) is 0 Å². The molecular formula is C20H25N3O2. The summed E-state index contributed by atoms with van der Waals surface area (Å²) in [7, 11) is 1.84. The number of aromatic nitrogens is 2. The molecule has 1 aliphatic carbocycles. The molecule has 1 amide bonds. The third-order valence-corrected chi connectivity index (χ3v) is 5.22.